The molecule has 21 heavy (non-hydrogen) atoms. The van der Waals surface area contributed by atoms with E-state index in [4.69, 9.17) is 16.7 Å². The van der Waals surface area contributed by atoms with Crippen molar-refractivity contribution in [3.63, 3.8) is 0 Å². The SMILES string of the molecule is O=C(O)c1ccc(S(=O)(=O)Cc2cccc(Cl)c2)c(F)c1. The van der Waals surface area contributed by atoms with E-state index in [1.165, 1.54) is 6.07 Å². The topological polar surface area (TPSA) is 71.4 Å². The van der Waals surface area contributed by atoms with Crippen molar-refractivity contribution in [2.24, 2.45) is 0 Å². The zero-order chi connectivity index (χ0) is 15.6. The summed E-state index contributed by atoms with van der Waals surface area (Å²) in [6.07, 6.45) is 0. The van der Waals surface area contributed by atoms with Gasteiger partial charge in [0.25, 0.3) is 0 Å². The molecule has 0 unspecified atom stereocenters. The third-order valence-electron chi connectivity index (χ3n) is 2.76. The Bertz CT molecular complexity index is 802. The summed E-state index contributed by atoms with van der Waals surface area (Å²) in [5, 5.41) is 9.12. The second-order valence-electron chi connectivity index (χ2n) is 4.34. The molecule has 0 spiro atoms. The molecule has 1 N–H and O–H groups in total. The molecule has 0 radical (unpaired) electrons. The lowest BCUT2D eigenvalue weighted by molar-refractivity contribution is 0.0696. The van der Waals surface area contributed by atoms with Crippen LogP contribution in [-0.2, 0) is 15.6 Å². The lowest BCUT2D eigenvalue weighted by Crippen LogP contribution is -2.08. The van der Waals surface area contributed by atoms with E-state index in [9.17, 15) is 17.6 Å². The van der Waals surface area contributed by atoms with Crippen molar-refractivity contribution in [3.8, 4) is 0 Å². The highest BCUT2D eigenvalue weighted by atomic mass is 35.5. The first-order valence-electron chi connectivity index (χ1n) is 5.79. The first-order valence-corrected chi connectivity index (χ1v) is 7.83. The third-order valence-corrected chi connectivity index (χ3v) is 4.71. The Morgan fingerprint density at radius 3 is 2.48 bits per heavy atom. The molecule has 0 saturated heterocycles. The van der Waals surface area contributed by atoms with Crippen LogP contribution in [0.15, 0.2) is 47.4 Å². The minimum Gasteiger partial charge on any atom is -0.478 e. The Balaban J connectivity index is 2.38. The molecular weight excluding hydrogens is 319 g/mol. The maximum atomic E-state index is 13.8. The maximum Gasteiger partial charge on any atom is 0.335 e. The van der Waals surface area contributed by atoms with Gasteiger partial charge in [-0.3, -0.25) is 0 Å². The number of halogens is 2. The number of carbonyl (C=O) groups is 1. The number of rotatable bonds is 4. The first kappa shape index (κ1) is 15.5. The van der Waals surface area contributed by atoms with E-state index >= 15 is 0 Å². The van der Waals surface area contributed by atoms with Gasteiger partial charge < -0.3 is 5.11 Å². The summed E-state index contributed by atoms with van der Waals surface area (Å²) in [5.74, 6) is -2.83. The largest absolute Gasteiger partial charge is 0.478 e. The van der Waals surface area contributed by atoms with Crippen molar-refractivity contribution in [1.82, 2.24) is 0 Å². The Morgan fingerprint density at radius 2 is 1.90 bits per heavy atom. The fourth-order valence-corrected chi connectivity index (χ4v) is 3.43. The van der Waals surface area contributed by atoms with Crippen molar-refractivity contribution in [3.05, 3.63) is 64.4 Å². The average Bonchev–Trinajstić information content (AvgIpc) is 2.37. The molecule has 0 amide bonds. The molecule has 0 aliphatic heterocycles. The highest BCUT2D eigenvalue weighted by Gasteiger charge is 2.21. The summed E-state index contributed by atoms with van der Waals surface area (Å²) in [7, 11) is -3.93. The molecule has 2 aromatic rings. The molecule has 0 atom stereocenters. The number of aromatic carboxylic acids is 1. The molecule has 2 aromatic carbocycles. The Morgan fingerprint density at radius 1 is 1.19 bits per heavy atom. The quantitative estimate of drug-likeness (QED) is 0.935. The Hall–Kier alpha value is -1.92. The fraction of sp³-hybridized carbons (Fsp3) is 0.0714. The lowest BCUT2D eigenvalue weighted by Gasteiger charge is -2.07. The van der Waals surface area contributed by atoms with Crippen LogP contribution in [-0.4, -0.2) is 19.5 Å². The standard InChI is InChI=1S/C14H10ClFO4S/c15-11-3-1-2-9(6-11)8-21(19,20)13-5-4-10(14(17)18)7-12(13)16/h1-7H,8H2,(H,17,18). The molecule has 0 saturated carbocycles. The highest BCUT2D eigenvalue weighted by Crippen LogP contribution is 2.22. The van der Waals surface area contributed by atoms with Gasteiger partial charge in [0, 0.05) is 5.02 Å². The number of hydrogen-bond donors (Lipinski definition) is 1. The van der Waals surface area contributed by atoms with Crippen molar-refractivity contribution < 1.29 is 22.7 Å². The normalized spacial score (nSPS) is 11.3. The van der Waals surface area contributed by atoms with E-state index in [0.717, 1.165) is 12.1 Å². The molecule has 110 valence electrons. The van der Waals surface area contributed by atoms with Gasteiger partial charge in [0.1, 0.15) is 10.7 Å². The van der Waals surface area contributed by atoms with Crippen molar-refractivity contribution >= 4 is 27.4 Å². The monoisotopic (exact) mass is 328 g/mol. The second-order valence-corrected chi connectivity index (χ2v) is 6.73. The molecule has 4 nitrogen and oxygen atoms in total. The van der Waals surface area contributed by atoms with Crippen LogP contribution in [0.1, 0.15) is 15.9 Å². The Labute approximate surface area is 125 Å². The summed E-state index contributed by atoms with van der Waals surface area (Å²) < 4.78 is 38.2. The number of benzene rings is 2. The van der Waals surface area contributed by atoms with E-state index < -0.39 is 32.3 Å². The van der Waals surface area contributed by atoms with Gasteiger partial charge in [-0.15, -0.1) is 0 Å². The van der Waals surface area contributed by atoms with Gasteiger partial charge in [-0.2, -0.15) is 0 Å². The van der Waals surface area contributed by atoms with Gasteiger partial charge >= 0.3 is 5.97 Å². The van der Waals surface area contributed by atoms with E-state index in [2.05, 4.69) is 0 Å². The number of hydrogen-bond acceptors (Lipinski definition) is 3. The van der Waals surface area contributed by atoms with Crippen LogP contribution in [0.2, 0.25) is 5.02 Å². The van der Waals surface area contributed by atoms with E-state index in [1.807, 2.05) is 0 Å². The maximum absolute atomic E-state index is 13.8. The summed E-state index contributed by atoms with van der Waals surface area (Å²) >= 11 is 5.77. The molecule has 0 aromatic heterocycles. The lowest BCUT2D eigenvalue weighted by atomic mass is 10.2. The fourth-order valence-electron chi connectivity index (χ4n) is 1.81. The van der Waals surface area contributed by atoms with Crippen LogP contribution in [0.25, 0.3) is 0 Å². The van der Waals surface area contributed by atoms with Crippen LogP contribution in [0.3, 0.4) is 0 Å². The predicted octanol–water partition coefficient (Wildman–Crippen LogP) is 3.15. The Kier molecular flexibility index (Phi) is 4.29. The third kappa shape index (κ3) is 3.59. The van der Waals surface area contributed by atoms with Crippen LogP contribution >= 0.6 is 11.6 Å². The van der Waals surface area contributed by atoms with Gasteiger partial charge in [0.15, 0.2) is 9.84 Å². The zero-order valence-corrected chi connectivity index (χ0v) is 12.2. The zero-order valence-electron chi connectivity index (χ0n) is 10.6. The minimum atomic E-state index is -3.93. The first-order chi connectivity index (χ1) is 9.79. The van der Waals surface area contributed by atoms with Gasteiger partial charge in [0.2, 0.25) is 0 Å². The van der Waals surface area contributed by atoms with Gasteiger partial charge in [-0.25, -0.2) is 17.6 Å². The van der Waals surface area contributed by atoms with Crippen molar-refractivity contribution in [2.75, 3.05) is 0 Å². The van der Waals surface area contributed by atoms with Crippen molar-refractivity contribution in [2.45, 2.75) is 10.6 Å². The van der Waals surface area contributed by atoms with Crippen molar-refractivity contribution in [1.29, 1.82) is 0 Å². The van der Waals surface area contributed by atoms with E-state index in [1.54, 1.807) is 18.2 Å². The van der Waals surface area contributed by atoms with Crippen LogP contribution < -0.4 is 0 Å². The summed E-state index contributed by atoms with van der Waals surface area (Å²) in [6.45, 7) is 0. The van der Waals surface area contributed by atoms with Gasteiger partial charge in [0.05, 0.1) is 11.3 Å². The molecule has 0 bridgehead atoms. The van der Waals surface area contributed by atoms with E-state index in [-0.39, 0.29) is 5.56 Å². The van der Waals surface area contributed by atoms with Gasteiger partial charge in [-0.05, 0) is 35.9 Å². The number of carboxylic acids is 1. The average molecular weight is 329 g/mol. The molecule has 2 rings (SSSR count). The highest BCUT2D eigenvalue weighted by molar-refractivity contribution is 7.90. The van der Waals surface area contributed by atoms with Crippen LogP contribution in [0.4, 0.5) is 4.39 Å². The predicted molar refractivity (Wildman–Crippen MR) is 75.7 cm³/mol. The van der Waals surface area contributed by atoms with Crippen LogP contribution in [0.5, 0.6) is 0 Å². The molecule has 0 aliphatic carbocycles. The van der Waals surface area contributed by atoms with Gasteiger partial charge in [-0.1, -0.05) is 23.7 Å². The minimum absolute atomic E-state index is 0.311. The summed E-state index contributed by atoms with van der Waals surface area (Å²) in [6, 6.07) is 8.93. The smallest absolute Gasteiger partial charge is 0.335 e. The molecule has 0 fully saturated rings. The number of sulfone groups is 1. The molecule has 0 heterocycles. The van der Waals surface area contributed by atoms with Crippen LogP contribution in [0, 0.1) is 5.82 Å². The second kappa shape index (κ2) is 5.83. The molecule has 7 heteroatoms. The molecular formula is C14H10ClFO4S. The summed E-state index contributed by atoms with van der Waals surface area (Å²) in [4.78, 5) is 10.2. The number of carboxylic acid groups (broad SMARTS) is 1. The molecule has 0 aliphatic rings. The summed E-state index contributed by atoms with van der Waals surface area (Å²) in [5.41, 5.74) is 0.110. The van der Waals surface area contributed by atoms with E-state index in [0.29, 0.717) is 16.7 Å².